The Kier molecular flexibility index (Phi) is 6.45. The largest absolute Gasteiger partial charge is 0.343 e. The van der Waals surface area contributed by atoms with Crippen LogP contribution in [0.3, 0.4) is 0 Å². The molecular weight excluding hydrogens is 350 g/mol. The molecule has 1 saturated carbocycles. The first-order valence-corrected chi connectivity index (χ1v) is 9.98. The number of likely N-dealkylation sites (tertiary alicyclic amines) is 1. The molecule has 148 valence electrons. The van der Waals surface area contributed by atoms with Gasteiger partial charge in [-0.1, -0.05) is 25.7 Å². The van der Waals surface area contributed by atoms with Crippen LogP contribution in [0.2, 0.25) is 0 Å². The van der Waals surface area contributed by atoms with Gasteiger partial charge in [-0.2, -0.15) is 0 Å². The summed E-state index contributed by atoms with van der Waals surface area (Å²) in [5, 5.41) is 0. The average Bonchev–Trinajstić information content (AvgIpc) is 2.96. The van der Waals surface area contributed by atoms with Gasteiger partial charge in [0.25, 0.3) is 5.91 Å². The van der Waals surface area contributed by atoms with Gasteiger partial charge in [0.15, 0.2) is 0 Å². The summed E-state index contributed by atoms with van der Waals surface area (Å²) in [7, 11) is 1.91. The van der Waals surface area contributed by atoms with Crippen molar-refractivity contribution in [2.75, 3.05) is 20.1 Å². The molecule has 0 bridgehead atoms. The Balaban J connectivity index is 1.56. The van der Waals surface area contributed by atoms with Gasteiger partial charge >= 0.3 is 0 Å². The van der Waals surface area contributed by atoms with Gasteiger partial charge < -0.3 is 9.80 Å². The number of nitrogens with zero attached hydrogens (tertiary/aromatic N) is 2. The Hall–Kier alpha value is -1.98. The van der Waals surface area contributed by atoms with Crippen LogP contribution in [0.5, 0.6) is 0 Å². The molecule has 0 unspecified atom stereocenters. The number of carbonyl (C=O) groups is 2. The predicted molar refractivity (Wildman–Crippen MR) is 99.2 cm³/mol. The van der Waals surface area contributed by atoms with Crippen molar-refractivity contribution in [2.45, 2.75) is 57.4 Å². The van der Waals surface area contributed by atoms with Gasteiger partial charge in [0, 0.05) is 38.2 Å². The zero-order chi connectivity index (χ0) is 19.4. The molecule has 6 heteroatoms. The zero-order valence-electron chi connectivity index (χ0n) is 15.9. The van der Waals surface area contributed by atoms with Crippen LogP contribution in [0.25, 0.3) is 0 Å². The van der Waals surface area contributed by atoms with Crippen molar-refractivity contribution in [1.29, 1.82) is 0 Å². The van der Waals surface area contributed by atoms with Crippen LogP contribution in [0.1, 0.15) is 61.7 Å². The molecule has 0 atom stereocenters. The van der Waals surface area contributed by atoms with Crippen LogP contribution >= 0.6 is 0 Å². The minimum Gasteiger partial charge on any atom is -0.343 e. The molecule has 2 aliphatic rings. The van der Waals surface area contributed by atoms with Crippen LogP contribution < -0.4 is 0 Å². The minimum absolute atomic E-state index is 0.0830. The van der Waals surface area contributed by atoms with Gasteiger partial charge in [-0.05, 0) is 37.8 Å². The highest BCUT2D eigenvalue weighted by Gasteiger charge is 2.32. The lowest BCUT2D eigenvalue weighted by Gasteiger charge is -2.35. The maximum atomic E-state index is 13.9. The maximum Gasteiger partial charge on any atom is 0.256 e. The van der Waals surface area contributed by atoms with Crippen molar-refractivity contribution in [2.24, 2.45) is 5.92 Å². The molecule has 1 aliphatic heterocycles. The second kappa shape index (κ2) is 8.81. The quantitative estimate of drug-likeness (QED) is 0.746. The molecule has 1 aromatic carbocycles. The summed E-state index contributed by atoms with van der Waals surface area (Å²) in [4.78, 5) is 28.8. The van der Waals surface area contributed by atoms with Crippen molar-refractivity contribution in [3.8, 4) is 0 Å². The number of piperidine rings is 1. The number of hydrogen-bond donors (Lipinski definition) is 0. The number of benzene rings is 1. The minimum atomic E-state index is -0.841. The molecule has 0 radical (unpaired) electrons. The van der Waals surface area contributed by atoms with Crippen LogP contribution in [0, 0.1) is 17.6 Å². The summed E-state index contributed by atoms with van der Waals surface area (Å²) in [6, 6.07) is 3.33. The number of hydrogen-bond acceptors (Lipinski definition) is 2. The third-order valence-corrected chi connectivity index (χ3v) is 6.01. The van der Waals surface area contributed by atoms with Crippen LogP contribution in [0.4, 0.5) is 8.78 Å². The summed E-state index contributed by atoms with van der Waals surface area (Å²) < 4.78 is 26.9. The summed E-state index contributed by atoms with van der Waals surface area (Å²) in [5.41, 5.74) is -0.114. The van der Waals surface area contributed by atoms with E-state index in [4.69, 9.17) is 0 Å². The molecule has 2 fully saturated rings. The fourth-order valence-electron chi connectivity index (χ4n) is 4.28. The summed E-state index contributed by atoms with van der Waals surface area (Å²) in [5.74, 6) is -1.89. The first kappa shape index (κ1) is 19.8. The first-order valence-electron chi connectivity index (χ1n) is 9.98. The van der Waals surface area contributed by atoms with Gasteiger partial charge in [0.05, 0.1) is 5.56 Å². The van der Waals surface area contributed by atoms with Crippen molar-refractivity contribution in [3.05, 3.63) is 35.4 Å². The highest BCUT2D eigenvalue weighted by atomic mass is 19.1. The third-order valence-electron chi connectivity index (χ3n) is 6.01. The second-order valence-electron chi connectivity index (χ2n) is 7.79. The van der Waals surface area contributed by atoms with Gasteiger partial charge in [0.1, 0.15) is 11.6 Å². The molecule has 0 spiro atoms. The lowest BCUT2D eigenvalue weighted by Crippen LogP contribution is -2.46. The molecular formula is C21H28F2N2O2. The number of halogens is 2. The van der Waals surface area contributed by atoms with Crippen molar-refractivity contribution in [1.82, 2.24) is 9.80 Å². The first-order chi connectivity index (χ1) is 13.0. The van der Waals surface area contributed by atoms with E-state index < -0.39 is 17.5 Å². The highest BCUT2D eigenvalue weighted by molar-refractivity contribution is 5.94. The fraction of sp³-hybridized carbons (Fsp3) is 0.619. The van der Waals surface area contributed by atoms with E-state index in [2.05, 4.69) is 0 Å². The Bertz CT molecular complexity index is 679. The Morgan fingerprint density at radius 1 is 1.00 bits per heavy atom. The van der Waals surface area contributed by atoms with Gasteiger partial charge in [-0.15, -0.1) is 0 Å². The Morgan fingerprint density at radius 3 is 2.22 bits per heavy atom. The van der Waals surface area contributed by atoms with E-state index in [1.165, 1.54) is 31.7 Å². The van der Waals surface area contributed by atoms with E-state index >= 15 is 0 Å². The van der Waals surface area contributed by atoms with Crippen LogP contribution in [-0.4, -0.2) is 47.8 Å². The van der Waals surface area contributed by atoms with Crippen molar-refractivity contribution in [3.63, 3.8) is 0 Å². The topological polar surface area (TPSA) is 40.6 Å². The van der Waals surface area contributed by atoms with E-state index in [1.807, 2.05) is 11.9 Å². The normalized spacial score (nSPS) is 19.6. The molecule has 0 N–H and O–H groups in total. The van der Waals surface area contributed by atoms with Crippen LogP contribution in [-0.2, 0) is 4.79 Å². The number of amides is 2. The van der Waals surface area contributed by atoms with E-state index in [0.717, 1.165) is 25.0 Å². The third kappa shape index (κ3) is 4.66. The fourth-order valence-corrected chi connectivity index (χ4v) is 4.28. The molecule has 3 rings (SSSR count). The number of rotatable bonds is 3. The highest BCUT2D eigenvalue weighted by Crippen LogP contribution is 2.26. The Labute approximate surface area is 159 Å². The lowest BCUT2D eigenvalue weighted by atomic mass is 9.93. The second-order valence-corrected chi connectivity index (χ2v) is 7.79. The van der Waals surface area contributed by atoms with Crippen molar-refractivity contribution < 1.29 is 18.4 Å². The summed E-state index contributed by atoms with van der Waals surface area (Å²) in [6.45, 7) is 0.842. The zero-order valence-corrected chi connectivity index (χ0v) is 15.9. The molecule has 0 aromatic heterocycles. The standard InChI is InChI=1S/C21H28F2N2O2/c1-24(17-6-4-2-3-5-7-17)20(26)15-10-12-25(13-11-15)21(27)18-9-8-16(22)14-19(18)23/h8-9,14-15,17H,2-7,10-13H2,1H3. The lowest BCUT2D eigenvalue weighted by molar-refractivity contribution is -0.138. The molecule has 1 heterocycles. The van der Waals surface area contributed by atoms with E-state index in [0.29, 0.717) is 32.0 Å². The Morgan fingerprint density at radius 2 is 1.63 bits per heavy atom. The summed E-state index contributed by atoms with van der Waals surface area (Å²) >= 11 is 0. The van der Waals surface area contributed by atoms with Crippen LogP contribution in [0.15, 0.2) is 18.2 Å². The molecule has 1 aromatic rings. The molecule has 1 saturated heterocycles. The van der Waals surface area contributed by atoms with Crippen molar-refractivity contribution >= 4 is 11.8 Å². The summed E-state index contributed by atoms with van der Waals surface area (Å²) in [6.07, 6.45) is 8.18. The molecule has 27 heavy (non-hydrogen) atoms. The number of carbonyl (C=O) groups excluding carboxylic acids is 2. The van der Waals surface area contributed by atoms with E-state index in [9.17, 15) is 18.4 Å². The SMILES string of the molecule is CN(C(=O)C1CCN(C(=O)c2ccc(F)cc2F)CC1)C1CCCCCC1. The van der Waals surface area contributed by atoms with Gasteiger partial charge in [-0.3, -0.25) is 9.59 Å². The smallest absolute Gasteiger partial charge is 0.256 e. The van der Waals surface area contributed by atoms with Gasteiger partial charge in [-0.25, -0.2) is 8.78 Å². The molecule has 4 nitrogen and oxygen atoms in total. The molecule has 1 aliphatic carbocycles. The maximum absolute atomic E-state index is 13.9. The van der Waals surface area contributed by atoms with E-state index in [1.54, 1.807) is 4.90 Å². The monoisotopic (exact) mass is 378 g/mol. The van der Waals surface area contributed by atoms with Gasteiger partial charge in [0.2, 0.25) is 5.91 Å². The average molecular weight is 378 g/mol. The molecule has 2 amide bonds. The predicted octanol–water partition coefficient (Wildman–Crippen LogP) is 4.00. The van der Waals surface area contributed by atoms with E-state index in [-0.39, 0.29) is 17.4 Å².